The molecular formula is C12H20O2Si. The van der Waals surface area contributed by atoms with Crippen molar-refractivity contribution >= 4 is 9.28 Å². The molecule has 1 aromatic rings. The standard InChI is InChI=1S/C12H20O2Si/c1-11(10-15(13-2)14-3)9-12-7-5-4-6-8-12/h4-8,11,15H,9-10H2,1-3H3. The molecule has 0 aliphatic carbocycles. The molecule has 0 N–H and O–H groups in total. The van der Waals surface area contributed by atoms with Crippen molar-refractivity contribution in [3.05, 3.63) is 35.9 Å². The van der Waals surface area contributed by atoms with E-state index < -0.39 is 9.28 Å². The van der Waals surface area contributed by atoms with E-state index in [9.17, 15) is 0 Å². The van der Waals surface area contributed by atoms with Crippen LogP contribution in [0.5, 0.6) is 0 Å². The van der Waals surface area contributed by atoms with E-state index in [0.717, 1.165) is 12.5 Å². The van der Waals surface area contributed by atoms with Gasteiger partial charge >= 0.3 is 9.28 Å². The largest absolute Gasteiger partial charge is 0.400 e. The highest BCUT2D eigenvalue weighted by atomic mass is 28.3. The molecule has 0 saturated heterocycles. The fourth-order valence-electron chi connectivity index (χ4n) is 1.72. The monoisotopic (exact) mass is 224 g/mol. The minimum absolute atomic E-state index is 0.629. The van der Waals surface area contributed by atoms with Crippen molar-refractivity contribution in [3.63, 3.8) is 0 Å². The first-order valence-electron chi connectivity index (χ1n) is 5.35. The first-order valence-corrected chi connectivity index (χ1v) is 7.11. The minimum atomic E-state index is -1.39. The van der Waals surface area contributed by atoms with E-state index >= 15 is 0 Å². The lowest BCUT2D eigenvalue weighted by atomic mass is 10.0. The van der Waals surface area contributed by atoms with Gasteiger partial charge in [-0.3, -0.25) is 0 Å². The van der Waals surface area contributed by atoms with Crippen molar-refractivity contribution in [2.45, 2.75) is 19.4 Å². The highest BCUT2D eigenvalue weighted by molar-refractivity contribution is 6.44. The summed E-state index contributed by atoms with van der Waals surface area (Å²) in [6, 6.07) is 11.6. The number of hydrogen-bond acceptors (Lipinski definition) is 2. The average Bonchev–Trinajstić information content (AvgIpc) is 2.27. The van der Waals surface area contributed by atoms with Gasteiger partial charge in [-0.05, 0) is 23.9 Å². The normalized spacial score (nSPS) is 13.1. The third kappa shape index (κ3) is 4.60. The predicted molar refractivity (Wildman–Crippen MR) is 65.3 cm³/mol. The zero-order valence-electron chi connectivity index (χ0n) is 9.77. The third-order valence-corrected chi connectivity index (χ3v) is 4.79. The molecule has 0 aromatic heterocycles. The van der Waals surface area contributed by atoms with Crippen LogP contribution in [0.1, 0.15) is 12.5 Å². The van der Waals surface area contributed by atoms with Crippen molar-refractivity contribution in [3.8, 4) is 0 Å². The Hall–Kier alpha value is -0.643. The molecule has 0 heterocycles. The Bertz CT molecular complexity index is 260. The molecule has 84 valence electrons. The first kappa shape index (κ1) is 12.4. The molecular weight excluding hydrogens is 204 g/mol. The van der Waals surface area contributed by atoms with E-state index in [1.807, 2.05) is 0 Å². The highest BCUT2D eigenvalue weighted by Crippen LogP contribution is 2.14. The summed E-state index contributed by atoms with van der Waals surface area (Å²) in [5.74, 6) is 0.629. The van der Waals surface area contributed by atoms with E-state index in [4.69, 9.17) is 8.85 Å². The third-order valence-electron chi connectivity index (χ3n) is 2.55. The van der Waals surface area contributed by atoms with Gasteiger partial charge in [-0.2, -0.15) is 0 Å². The second-order valence-corrected chi connectivity index (χ2v) is 6.20. The molecule has 0 saturated carbocycles. The smallest absolute Gasteiger partial charge is 0.321 e. The zero-order valence-corrected chi connectivity index (χ0v) is 10.9. The van der Waals surface area contributed by atoms with Crippen LogP contribution in [0.4, 0.5) is 0 Å². The van der Waals surface area contributed by atoms with E-state index in [1.165, 1.54) is 5.56 Å². The van der Waals surface area contributed by atoms with Crippen LogP contribution in [0.15, 0.2) is 30.3 Å². The van der Waals surface area contributed by atoms with E-state index in [2.05, 4.69) is 37.3 Å². The molecule has 0 amide bonds. The maximum Gasteiger partial charge on any atom is 0.321 e. The maximum absolute atomic E-state index is 5.32. The summed E-state index contributed by atoms with van der Waals surface area (Å²) in [7, 11) is 2.10. The van der Waals surface area contributed by atoms with Gasteiger partial charge in [-0.1, -0.05) is 37.3 Å². The average molecular weight is 224 g/mol. The zero-order chi connectivity index (χ0) is 11.1. The lowest BCUT2D eigenvalue weighted by Gasteiger charge is -2.16. The molecule has 0 bridgehead atoms. The molecule has 0 spiro atoms. The van der Waals surface area contributed by atoms with Crippen molar-refractivity contribution in [1.82, 2.24) is 0 Å². The Morgan fingerprint density at radius 3 is 2.27 bits per heavy atom. The van der Waals surface area contributed by atoms with Gasteiger partial charge in [0.05, 0.1) is 0 Å². The van der Waals surface area contributed by atoms with Crippen LogP contribution in [0.25, 0.3) is 0 Å². The maximum atomic E-state index is 5.32. The highest BCUT2D eigenvalue weighted by Gasteiger charge is 2.14. The summed E-state index contributed by atoms with van der Waals surface area (Å²) >= 11 is 0. The summed E-state index contributed by atoms with van der Waals surface area (Å²) < 4.78 is 10.6. The Morgan fingerprint density at radius 2 is 1.73 bits per heavy atom. The van der Waals surface area contributed by atoms with Gasteiger partial charge in [-0.15, -0.1) is 0 Å². The molecule has 15 heavy (non-hydrogen) atoms. The van der Waals surface area contributed by atoms with Crippen molar-refractivity contribution < 1.29 is 8.85 Å². The Kier molecular flexibility index (Phi) is 5.61. The van der Waals surface area contributed by atoms with Gasteiger partial charge in [0.15, 0.2) is 0 Å². The van der Waals surface area contributed by atoms with E-state index in [-0.39, 0.29) is 0 Å². The lowest BCUT2D eigenvalue weighted by molar-refractivity contribution is 0.271. The SMILES string of the molecule is CO[SiH](CC(C)Cc1ccccc1)OC. The fraction of sp³-hybridized carbons (Fsp3) is 0.500. The molecule has 3 heteroatoms. The van der Waals surface area contributed by atoms with E-state index in [1.54, 1.807) is 14.2 Å². The molecule has 2 nitrogen and oxygen atoms in total. The molecule has 0 radical (unpaired) electrons. The molecule has 1 unspecified atom stereocenters. The molecule has 1 aromatic carbocycles. The van der Waals surface area contributed by atoms with Crippen LogP contribution in [-0.4, -0.2) is 23.5 Å². The molecule has 1 rings (SSSR count). The summed E-state index contributed by atoms with van der Waals surface area (Å²) in [6.45, 7) is 2.26. The fourth-order valence-corrected chi connectivity index (χ4v) is 3.12. The van der Waals surface area contributed by atoms with Gasteiger partial charge in [0, 0.05) is 14.2 Å². The molecule has 0 fully saturated rings. The van der Waals surface area contributed by atoms with Crippen molar-refractivity contribution in [2.75, 3.05) is 14.2 Å². The van der Waals surface area contributed by atoms with Crippen molar-refractivity contribution in [2.24, 2.45) is 5.92 Å². The van der Waals surface area contributed by atoms with Crippen LogP contribution in [-0.2, 0) is 15.3 Å². The van der Waals surface area contributed by atoms with Crippen LogP contribution in [0, 0.1) is 5.92 Å². The Labute approximate surface area is 94.1 Å². The Morgan fingerprint density at radius 1 is 1.13 bits per heavy atom. The second-order valence-electron chi connectivity index (χ2n) is 3.93. The minimum Gasteiger partial charge on any atom is -0.400 e. The quantitative estimate of drug-likeness (QED) is 0.691. The number of benzene rings is 1. The van der Waals surface area contributed by atoms with Gasteiger partial charge in [-0.25, -0.2) is 0 Å². The summed E-state index contributed by atoms with van der Waals surface area (Å²) in [5, 5.41) is 0. The molecule has 1 atom stereocenters. The first-order chi connectivity index (χ1) is 7.26. The molecule has 0 aliphatic heterocycles. The Balaban J connectivity index is 2.39. The molecule has 0 aliphatic rings. The van der Waals surface area contributed by atoms with Crippen molar-refractivity contribution in [1.29, 1.82) is 0 Å². The summed E-state index contributed by atoms with van der Waals surface area (Å²) in [5.41, 5.74) is 1.39. The summed E-state index contributed by atoms with van der Waals surface area (Å²) in [4.78, 5) is 0. The van der Waals surface area contributed by atoms with Crippen LogP contribution in [0.3, 0.4) is 0 Å². The summed E-state index contributed by atoms with van der Waals surface area (Å²) in [6.07, 6.45) is 1.11. The van der Waals surface area contributed by atoms with E-state index in [0.29, 0.717) is 5.92 Å². The topological polar surface area (TPSA) is 18.5 Å². The second kappa shape index (κ2) is 6.77. The number of hydrogen-bond donors (Lipinski definition) is 0. The van der Waals surface area contributed by atoms with Crippen LogP contribution < -0.4 is 0 Å². The lowest BCUT2D eigenvalue weighted by Crippen LogP contribution is -2.22. The van der Waals surface area contributed by atoms with Gasteiger partial charge in [0.25, 0.3) is 0 Å². The van der Waals surface area contributed by atoms with Gasteiger partial charge < -0.3 is 8.85 Å². The van der Waals surface area contributed by atoms with Gasteiger partial charge in [0.1, 0.15) is 0 Å². The number of rotatable bonds is 6. The van der Waals surface area contributed by atoms with Crippen LogP contribution in [0.2, 0.25) is 6.04 Å². The van der Waals surface area contributed by atoms with Gasteiger partial charge in [0.2, 0.25) is 0 Å². The van der Waals surface area contributed by atoms with Crippen LogP contribution >= 0.6 is 0 Å². The predicted octanol–water partition coefficient (Wildman–Crippen LogP) is 2.38.